The number of amides is 1. The first kappa shape index (κ1) is 15.7. The lowest BCUT2D eigenvalue weighted by molar-refractivity contribution is -0.139. The number of hydrogen-bond donors (Lipinski definition) is 0. The fourth-order valence-electron chi connectivity index (χ4n) is 2.11. The number of unbranched alkanes of at least 4 members (excludes halogenated alkanes) is 3. The third-order valence-electron chi connectivity index (χ3n) is 3.44. The van der Waals surface area contributed by atoms with E-state index in [2.05, 4.69) is 6.58 Å². The first-order valence-electron chi connectivity index (χ1n) is 7.27. The third-order valence-corrected chi connectivity index (χ3v) is 3.44. The number of rotatable bonds is 9. The van der Waals surface area contributed by atoms with Crippen LogP contribution in [0.25, 0.3) is 0 Å². The summed E-state index contributed by atoms with van der Waals surface area (Å²) >= 11 is 0. The van der Waals surface area contributed by atoms with Crippen LogP contribution in [0, 0.1) is 0 Å². The Labute approximate surface area is 115 Å². The van der Waals surface area contributed by atoms with Crippen LogP contribution in [0.3, 0.4) is 0 Å². The van der Waals surface area contributed by atoms with Crippen LogP contribution in [0.15, 0.2) is 12.2 Å². The maximum Gasteiger partial charge on any atom is 0.333 e. The number of hydrogen-bond acceptors (Lipinski definition) is 3. The molecule has 1 amide bonds. The topological polar surface area (TPSA) is 46.6 Å². The highest BCUT2D eigenvalue weighted by atomic mass is 16.5. The van der Waals surface area contributed by atoms with E-state index in [4.69, 9.17) is 4.74 Å². The maximum absolute atomic E-state index is 11.4. The average Bonchev–Trinajstić information content (AvgIpc) is 2.82. The van der Waals surface area contributed by atoms with E-state index in [9.17, 15) is 9.59 Å². The lowest BCUT2D eigenvalue weighted by Crippen LogP contribution is -2.25. The number of ether oxygens (including phenoxy) is 1. The average molecular weight is 267 g/mol. The Hall–Kier alpha value is -1.32. The Kier molecular flexibility index (Phi) is 7.23. The van der Waals surface area contributed by atoms with Crippen LogP contribution in [-0.2, 0) is 14.3 Å². The standard InChI is InChI=1S/C15H25NO3/c1-3-13(2)15(18)19-12-7-5-4-6-10-16-11-8-9-14(16)17/h2-12H2,1H3. The van der Waals surface area contributed by atoms with Gasteiger partial charge in [-0.2, -0.15) is 0 Å². The molecular weight excluding hydrogens is 242 g/mol. The minimum atomic E-state index is -0.273. The Balaban J connectivity index is 1.92. The summed E-state index contributed by atoms with van der Waals surface area (Å²) in [6, 6.07) is 0. The van der Waals surface area contributed by atoms with Crippen LogP contribution in [0.4, 0.5) is 0 Å². The van der Waals surface area contributed by atoms with Gasteiger partial charge in [0.15, 0.2) is 0 Å². The Morgan fingerprint density at radius 3 is 2.68 bits per heavy atom. The minimum absolute atomic E-state index is 0.273. The van der Waals surface area contributed by atoms with E-state index in [0.717, 1.165) is 51.6 Å². The molecule has 108 valence electrons. The lowest BCUT2D eigenvalue weighted by atomic mass is 10.2. The Bertz CT molecular complexity index is 325. The summed E-state index contributed by atoms with van der Waals surface area (Å²) in [5.74, 6) is 0.0252. The van der Waals surface area contributed by atoms with Gasteiger partial charge in [0.25, 0.3) is 0 Å². The molecule has 1 saturated heterocycles. The summed E-state index contributed by atoms with van der Waals surface area (Å²) in [6.07, 6.45) is 6.41. The Morgan fingerprint density at radius 2 is 2.05 bits per heavy atom. The minimum Gasteiger partial charge on any atom is -0.462 e. The van der Waals surface area contributed by atoms with Gasteiger partial charge >= 0.3 is 5.97 Å². The van der Waals surface area contributed by atoms with E-state index >= 15 is 0 Å². The fraction of sp³-hybridized carbons (Fsp3) is 0.733. The molecule has 19 heavy (non-hydrogen) atoms. The highest BCUT2D eigenvalue weighted by Gasteiger charge is 2.18. The first-order valence-corrected chi connectivity index (χ1v) is 7.27. The number of carbonyl (C=O) groups excluding carboxylic acids is 2. The molecule has 1 heterocycles. The summed E-state index contributed by atoms with van der Waals surface area (Å²) < 4.78 is 5.09. The molecule has 0 bridgehead atoms. The van der Waals surface area contributed by atoms with E-state index in [0.29, 0.717) is 24.5 Å². The number of esters is 1. The van der Waals surface area contributed by atoms with Crippen molar-refractivity contribution in [3.05, 3.63) is 12.2 Å². The zero-order valence-corrected chi connectivity index (χ0v) is 12.0. The van der Waals surface area contributed by atoms with Crippen LogP contribution in [0.5, 0.6) is 0 Å². The van der Waals surface area contributed by atoms with Gasteiger partial charge in [-0.15, -0.1) is 0 Å². The van der Waals surface area contributed by atoms with Crippen molar-refractivity contribution >= 4 is 11.9 Å². The molecule has 1 aliphatic rings. The van der Waals surface area contributed by atoms with E-state index in [1.54, 1.807) is 0 Å². The zero-order chi connectivity index (χ0) is 14.1. The van der Waals surface area contributed by atoms with Crippen molar-refractivity contribution in [3.8, 4) is 0 Å². The molecule has 4 heteroatoms. The summed E-state index contributed by atoms with van der Waals surface area (Å²) in [4.78, 5) is 24.6. The molecule has 0 aromatic carbocycles. The molecule has 0 aromatic rings. The van der Waals surface area contributed by atoms with Crippen molar-refractivity contribution in [3.63, 3.8) is 0 Å². The van der Waals surface area contributed by atoms with Crippen LogP contribution < -0.4 is 0 Å². The number of carbonyl (C=O) groups is 2. The largest absolute Gasteiger partial charge is 0.462 e. The van der Waals surface area contributed by atoms with Crippen molar-refractivity contribution in [2.75, 3.05) is 19.7 Å². The monoisotopic (exact) mass is 267 g/mol. The van der Waals surface area contributed by atoms with Crippen molar-refractivity contribution < 1.29 is 14.3 Å². The second-order valence-corrected chi connectivity index (χ2v) is 4.99. The Morgan fingerprint density at radius 1 is 1.32 bits per heavy atom. The molecule has 0 aromatic heterocycles. The van der Waals surface area contributed by atoms with Gasteiger partial charge < -0.3 is 9.64 Å². The van der Waals surface area contributed by atoms with E-state index in [-0.39, 0.29) is 5.97 Å². The summed E-state index contributed by atoms with van der Waals surface area (Å²) in [5.41, 5.74) is 0.535. The van der Waals surface area contributed by atoms with Crippen molar-refractivity contribution in [1.82, 2.24) is 4.90 Å². The van der Waals surface area contributed by atoms with Gasteiger partial charge in [-0.3, -0.25) is 4.79 Å². The van der Waals surface area contributed by atoms with Crippen LogP contribution in [0.1, 0.15) is 51.9 Å². The van der Waals surface area contributed by atoms with Crippen molar-refractivity contribution in [2.45, 2.75) is 51.9 Å². The maximum atomic E-state index is 11.4. The van der Waals surface area contributed by atoms with Crippen molar-refractivity contribution in [2.24, 2.45) is 0 Å². The third kappa shape index (κ3) is 5.90. The highest BCUT2D eigenvalue weighted by molar-refractivity contribution is 5.87. The lowest BCUT2D eigenvalue weighted by Gasteiger charge is -2.14. The molecular formula is C15H25NO3. The molecule has 0 saturated carbocycles. The predicted molar refractivity (Wildman–Crippen MR) is 74.7 cm³/mol. The van der Waals surface area contributed by atoms with Gasteiger partial charge in [-0.1, -0.05) is 19.9 Å². The van der Waals surface area contributed by atoms with Crippen LogP contribution in [0.2, 0.25) is 0 Å². The summed E-state index contributed by atoms with van der Waals surface area (Å²) in [6.45, 7) is 7.81. The fourth-order valence-corrected chi connectivity index (χ4v) is 2.11. The molecule has 0 N–H and O–H groups in total. The smallest absolute Gasteiger partial charge is 0.333 e. The SMILES string of the molecule is C=C(CC)C(=O)OCCCCCCN1CCCC1=O. The highest BCUT2D eigenvalue weighted by Crippen LogP contribution is 2.11. The van der Waals surface area contributed by atoms with Gasteiger partial charge in [0.05, 0.1) is 6.61 Å². The predicted octanol–water partition coefficient (Wildman–Crippen LogP) is 2.68. The molecule has 4 nitrogen and oxygen atoms in total. The van der Waals surface area contributed by atoms with Gasteiger partial charge in [-0.25, -0.2) is 4.79 Å². The molecule has 1 fully saturated rings. The molecule has 0 spiro atoms. The zero-order valence-electron chi connectivity index (χ0n) is 12.0. The first-order chi connectivity index (χ1) is 9.15. The van der Waals surface area contributed by atoms with Gasteiger partial charge in [0, 0.05) is 25.1 Å². The summed E-state index contributed by atoms with van der Waals surface area (Å²) in [7, 11) is 0. The van der Waals surface area contributed by atoms with Gasteiger partial charge in [-0.05, 0) is 32.1 Å². The van der Waals surface area contributed by atoms with Crippen molar-refractivity contribution in [1.29, 1.82) is 0 Å². The van der Waals surface area contributed by atoms with Gasteiger partial charge in [0.2, 0.25) is 5.91 Å². The molecule has 0 aliphatic carbocycles. The molecule has 1 aliphatic heterocycles. The van der Waals surface area contributed by atoms with Crippen LogP contribution >= 0.6 is 0 Å². The van der Waals surface area contributed by atoms with E-state index < -0.39 is 0 Å². The van der Waals surface area contributed by atoms with E-state index in [1.165, 1.54) is 0 Å². The van der Waals surface area contributed by atoms with Crippen LogP contribution in [-0.4, -0.2) is 36.5 Å². The molecule has 0 atom stereocenters. The van der Waals surface area contributed by atoms with E-state index in [1.807, 2.05) is 11.8 Å². The normalized spacial score (nSPS) is 14.8. The summed E-state index contributed by atoms with van der Waals surface area (Å²) in [5, 5.41) is 0. The molecule has 1 rings (SSSR count). The molecule has 0 radical (unpaired) electrons. The second-order valence-electron chi connectivity index (χ2n) is 4.99. The van der Waals surface area contributed by atoms with Gasteiger partial charge in [0.1, 0.15) is 0 Å². The molecule has 0 unspecified atom stereocenters. The second kappa shape index (κ2) is 8.73. The number of likely N-dealkylation sites (tertiary alicyclic amines) is 1. The quantitative estimate of drug-likeness (QED) is 0.366. The number of nitrogens with zero attached hydrogens (tertiary/aromatic N) is 1.